The maximum absolute atomic E-state index is 12.6. The van der Waals surface area contributed by atoms with Crippen LogP contribution in [0.5, 0.6) is 0 Å². The second kappa shape index (κ2) is 7.25. The van der Waals surface area contributed by atoms with Crippen molar-refractivity contribution in [3.05, 3.63) is 0 Å². The van der Waals surface area contributed by atoms with E-state index in [1.54, 1.807) is 0 Å². The summed E-state index contributed by atoms with van der Waals surface area (Å²) >= 11 is 0. The first kappa shape index (κ1) is 16.3. The third-order valence-corrected chi connectivity index (χ3v) is 4.56. The number of rotatable bonds is 3. The highest BCUT2D eigenvalue weighted by Gasteiger charge is 2.33. The number of amides is 2. The molecular weight excluding hydrogens is 266 g/mol. The standard InChI is InChI=1S/C16H29N3O2/c1-12(2)11-14(20)18-7-9-19(10-8-18)16(21)15-13(3)5-4-6-17-15/h12-13,15,17H,4-11H2,1-3H3. The molecule has 1 N–H and O–H groups in total. The second-order valence-corrected chi connectivity index (χ2v) is 6.86. The van der Waals surface area contributed by atoms with Crippen molar-refractivity contribution in [3.8, 4) is 0 Å². The van der Waals surface area contributed by atoms with Gasteiger partial charge in [-0.2, -0.15) is 0 Å². The molecular formula is C16H29N3O2. The topological polar surface area (TPSA) is 52.7 Å². The third-order valence-electron chi connectivity index (χ3n) is 4.56. The van der Waals surface area contributed by atoms with Crippen molar-refractivity contribution in [2.75, 3.05) is 32.7 Å². The molecule has 2 rings (SSSR count). The Morgan fingerprint density at radius 2 is 1.76 bits per heavy atom. The Kier molecular flexibility index (Phi) is 5.62. The predicted octanol–water partition coefficient (Wildman–Crippen LogP) is 1.09. The van der Waals surface area contributed by atoms with Crippen LogP contribution in [-0.4, -0.2) is 60.4 Å². The number of hydrogen-bond donors (Lipinski definition) is 1. The second-order valence-electron chi connectivity index (χ2n) is 6.86. The number of piperidine rings is 1. The lowest BCUT2D eigenvalue weighted by Gasteiger charge is -2.39. The molecule has 0 saturated carbocycles. The lowest BCUT2D eigenvalue weighted by atomic mass is 9.91. The van der Waals surface area contributed by atoms with Crippen molar-refractivity contribution < 1.29 is 9.59 Å². The van der Waals surface area contributed by atoms with E-state index in [9.17, 15) is 9.59 Å². The van der Waals surface area contributed by atoms with Crippen molar-refractivity contribution in [3.63, 3.8) is 0 Å². The fourth-order valence-corrected chi connectivity index (χ4v) is 3.23. The fraction of sp³-hybridized carbons (Fsp3) is 0.875. The van der Waals surface area contributed by atoms with Crippen LogP contribution >= 0.6 is 0 Å². The molecule has 2 unspecified atom stereocenters. The van der Waals surface area contributed by atoms with Gasteiger partial charge in [-0.25, -0.2) is 0 Å². The molecule has 0 spiro atoms. The Labute approximate surface area is 128 Å². The highest BCUT2D eigenvalue weighted by molar-refractivity contribution is 5.83. The summed E-state index contributed by atoms with van der Waals surface area (Å²) in [5.41, 5.74) is 0. The lowest BCUT2D eigenvalue weighted by molar-refractivity contribution is -0.142. The van der Waals surface area contributed by atoms with E-state index < -0.39 is 0 Å². The van der Waals surface area contributed by atoms with Crippen molar-refractivity contribution >= 4 is 11.8 Å². The number of carbonyl (C=O) groups excluding carboxylic acids is 2. The maximum Gasteiger partial charge on any atom is 0.240 e. The maximum atomic E-state index is 12.6. The van der Waals surface area contributed by atoms with Crippen LogP contribution in [0, 0.1) is 11.8 Å². The van der Waals surface area contributed by atoms with Crippen LogP contribution in [0.1, 0.15) is 40.0 Å². The SMILES string of the molecule is CC(C)CC(=O)N1CCN(C(=O)C2NCCCC2C)CC1. The summed E-state index contributed by atoms with van der Waals surface area (Å²) in [6, 6.07) is -0.0309. The van der Waals surface area contributed by atoms with Gasteiger partial charge in [-0.1, -0.05) is 20.8 Å². The normalized spacial score (nSPS) is 27.0. The molecule has 120 valence electrons. The molecule has 21 heavy (non-hydrogen) atoms. The highest BCUT2D eigenvalue weighted by Crippen LogP contribution is 2.18. The van der Waals surface area contributed by atoms with Gasteiger partial charge in [-0.15, -0.1) is 0 Å². The average Bonchev–Trinajstić information content (AvgIpc) is 2.46. The van der Waals surface area contributed by atoms with Gasteiger partial charge >= 0.3 is 0 Å². The van der Waals surface area contributed by atoms with Crippen LogP contribution in [0.4, 0.5) is 0 Å². The summed E-state index contributed by atoms with van der Waals surface area (Å²) < 4.78 is 0. The van der Waals surface area contributed by atoms with E-state index in [0.29, 0.717) is 44.4 Å². The molecule has 2 heterocycles. The Morgan fingerprint density at radius 3 is 2.33 bits per heavy atom. The van der Waals surface area contributed by atoms with Gasteiger partial charge < -0.3 is 15.1 Å². The molecule has 2 fully saturated rings. The molecule has 5 nitrogen and oxygen atoms in total. The molecule has 0 bridgehead atoms. The number of nitrogens with one attached hydrogen (secondary N) is 1. The van der Waals surface area contributed by atoms with E-state index in [4.69, 9.17) is 0 Å². The van der Waals surface area contributed by atoms with E-state index in [1.165, 1.54) is 0 Å². The molecule has 2 amide bonds. The molecule has 0 radical (unpaired) electrons. The Bertz CT molecular complexity index is 376. The lowest BCUT2D eigenvalue weighted by Crippen LogP contribution is -2.57. The van der Waals surface area contributed by atoms with E-state index >= 15 is 0 Å². The minimum atomic E-state index is -0.0309. The first-order chi connectivity index (χ1) is 9.99. The van der Waals surface area contributed by atoms with Crippen LogP contribution in [-0.2, 0) is 9.59 Å². The molecule has 2 aliphatic rings. The zero-order chi connectivity index (χ0) is 15.4. The summed E-state index contributed by atoms with van der Waals surface area (Å²) in [5, 5.41) is 3.35. The number of carbonyl (C=O) groups is 2. The molecule has 2 atom stereocenters. The van der Waals surface area contributed by atoms with Crippen LogP contribution in [0.25, 0.3) is 0 Å². The zero-order valence-corrected chi connectivity index (χ0v) is 13.6. The fourth-order valence-electron chi connectivity index (χ4n) is 3.23. The summed E-state index contributed by atoms with van der Waals surface area (Å²) in [5.74, 6) is 1.25. The van der Waals surface area contributed by atoms with Gasteiger partial charge in [0.15, 0.2) is 0 Å². The van der Waals surface area contributed by atoms with Gasteiger partial charge in [0.2, 0.25) is 11.8 Å². The molecule has 0 aromatic heterocycles. The predicted molar refractivity (Wildman–Crippen MR) is 82.8 cm³/mol. The van der Waals surface area contributed by atoms with E-state index in [0.717, 1.165) is 19.4 Å². The first-order valence-electron chi connectivity index (χ1n) is 8.29. The number of piperazine rings is 1. The molecule has 2 aliphatic heterocycles. The van der Waals surface area contributed by atoms with Crippen molar-refractivity contribution in [1.29, 1.82) is 0 Å². The Hall–Kier alpha value is -1.10. The van der Waals surface area contributed by atoms with Crippen LogP contribution in [0.3, 0.4) is 0 Å². The largest absolute Gasteiger partial charge is 0.339 e. The van der Waals surface area contributed by atoms with Crippen molar-refractivity contribution in [2.24, 2.45) is 11.8 Å². The molecule has 5 heteroatoms. The van der Waals surface area contributed by atoms with Crippen molar-refractivity contribution in [1.82, 2.24) is 15.1 Å². The molecule has 0 aliphatic carbocycles. The smallest absolute Gasteiger partial charge is 0.240 e. The number of nitrogens with zero attached hydrogens (tertiary/aromatic N) is 2. The quantitative estimate of drug-likeness (QED) is 0.848. The summed E-state index contributed by atoms with van der Waals surface area (Å²) in [6.07, 6.45) is 2.88. The van der Waals surface area contributed by atoms with Gasteiger partial charge in [0.1, 0.15) is 0 Å². The third kappa shape index (κ3) is 4.19. The monoisotopic (exact) mass is 295 g/mol. The Balaban J connectivity index is 1.83. The summed E-state index contributed by atoms with van der Waals surface area (Å²) in [7, 11) is 0. The van der Waals surface area contributed by atoms with Gasteiger partial charge in [0, 0.05) is 32.6 Å². The molecule has 2 saturated heterocycles. The van der Waals surface area contributed by atoms with Crippen LogP contribution in [0.15, 0.2) is 0 Å². The van der Waals surface area contributed by atoms with Gasteiger partial charge in [0.05, 0.1) is 6.04 Å². The van der Waals surface area contributed by atoms with Gasteiger partial charge in [0.25, 0.3) is 0 Å². The van der Waals surface area contributed by atoms with Gasteiger partial charge in [-0.05, 0) is 31.2 Å². The van der Waals surface area contributed by atoms with Crippen LogP contribution in [0.2, 0.25) is 0 Å². The minimum Gasteiger partial charge on any atom is -0.339 e. The van der Waals surface area contributed by atoms with Gasteiger partial charge in [-0.3, -0.25) is 9.59 Å². The van der Waals surface area contributed by atoms with E-state index in [1.807, 2.05) is 9.80 Å². The Morgan fingerprint density at radius 1 is 1.14 bits per heavy atom. The highest BCUT2D eigenvalue weighted by atomic mass is 16.2. The van der Waals surface area contributed by atoms with E-state index in [2.05, 4.69) is 26.1 Å². The zero-order valence-electron chi connectivity index (χ0n) is 13.6. The first-order valence-corrected chi connectivity index (χ1v) is 8.29. The van der Waals surface area contributed by atoms with Crippen LogP contribution < -0.4 is 5.32 Å². The molecule has 0 aromatic rings. The summed E-state index contributed by atoms with van der Waals surface area (Å²) in [6.45, 7) is 9.92. The number of hydrogen-bond acceptors (Lipinski definition) is 3. The average molecular weight is 295 g/mol. The minimum absolute atomic E-state index is 0.0309. The van der Waals surface area contributed by atoms with E-state index in [-0.39, 0.29) is 17.9 Å². The molecule has 0 aromatic carbocycles. The summed E-state index contributed by atoms with van der Waals surface area (Å²) in [4.78, 5) is 28.5. The van der Waals surface area contributed by atoms with Crippen molar-refractivity contribution in [2.45, 2.75) is 46.1 Å².